The second kappa shape index (κ2) is 9.61. The molecule has 4 aromatic rings. The molecule has 0 atom stereocenters. The van der Waals surface area contributed by atoms with Crippen LogP contribution in [0, 0.1) is 5.82 Å². The minimum absolute atomic E-state index is 0.165. The lowest BCUT2D eigenvalue weighted by Gasteiger charge is -2.36. The molecule has 0 unspecified atom stereocenters. The first-order valence-corrected chi connectivity index (χ1v) is 13.4. The van der Waals surface area contributed by atoms with Crippen molar-refractivity contribution in [2.75, 3.05) is 52.1 Å². The van der Waals surface area contributed by atoms with Crippen molar-refractivity contribution in [1.82, 2.24) is 4.90 Å². The number of benzene rings is 3. The molecule has 3 aliphatic rings. The van der Waals surface area contributed by atoms with Crippen LogP contribution in [0.2, 0.25) is 0 Å². The third-order valence-electron chi connectivity index (χ3n) is 8.17. The number of aromatic nitrogens is 1. The second-order valence-electron chi connectivity index (χ2n) is 10.3. The Morgan fingerprint density at radius 1 is 0.923 bits per heavy atom. The summed E-state index contributed by atoms with van der Waals surface area (Å²) in [5.41, 5.74) is 5.45. The number of ether oxygens (including phenoxy) is 4. The number of pyridine rings is 1. The summed E-state index contributed by atoms with van der Waals surface area (Å²) in [7, 11) is 3.38. The molecule has 200 valence electrons. The fraction of sp³-hybridized carbons (Fsp3) is 0.323. The molecule has 0 saturated carbocycles. The number of hydrogen-bond acceptors (Lipinski definition) is 6. The van der Waals surface area contributed by atoms with Crippen molar-refractivity contribution >= 4 is 16.5 Å². The van der Waals surface area contributed by atoms with Crippen LogP contribution in [0.15, 0.2) is 54.7 Å². The van der Waals surface area contributed by atoms with Crippen LogP contribution in [0.5, 0.6) is 23.0 Å². The van der Waals surface area contributed by atoms with Gasteiger partial charge in [-0.15, -0.1) is 0 Å². The summed E-state index contributed by atoms with van der Waals surface area (Å²) in [6, 6.07) is 15.6. The molecule has 39 heavy (non-hydrogen) atoms. The SMILES string of the molecule is COc1cc(CN2CCN(c3ccccc3F)CC2)c2cc3[n+](cc2c1OC)CCc1cc2c(cc1-3)OCO2. The molecule has 0 spiro atoms. The standard InChI is InChI=1S/C31H31FN3O4/c1-36-30-14-21(17-33-9-11-34(12-10-33)26-6-4-3-5-25(26)32)22-15-27-23-16-29-28(38-19-39-29)13-20(23)7-8-35(27)18-24(22)31(30)37-2/h3-6,13-16,18H,7-12,17,19H2,1-2H3/q+1. The third kappa shape index (κ3) is 4.10. The van der Waals surface area contributed by atoms with Gasteiger partial charge >= 0.3 is 0 Å². The smallest absolute Gasteiger partial charge is 0.231 e. The number of halogens is 1. The Morgan fingerprint density at radius 3 is 2.49 bits per heavy atom. The number of fused-ring (bicyclic) bond motifs is 5. The van der Waals surface area contributed by atoms with Crippen molar-refractivity contribution in [1.29, 1.82) is 0 Å². The molecule has 0 aliphatic carbocycles. The maximum atomic E-state index is 14.4. The van der Waals surface area contributed by atoms with Crippen LogP contribution in [-0.2, 0) is 19.5 Å². The van der Waals surface area contributed by atoms with Gasteiger partial charge < -0.3 is 23.8 Å². The van der Waals surface area contributed by atoms with Gasteiger partial charge in [-0.1, -0.05) is 12.1 Å². The Morgan fingerprint density at radius 2 is 1.72 bits per heavy atom. The second-order valence-corrected chi connectivity index (χ2v) is 10.3. The van der Waals surface area contributed by atoms with E-state index >= 15 is 0 Å². The quantitative estimate of drug-likeness (QED) is 0.354. The fourth-order valence-corrected chi connectivity index (χ4v) is 6.15. The van der Waals surface area contributed by atoms with Gasteiger partial charge in [-0.2, -0.15) is 4.57 Å². The number of methoxy groups -OCH3 is 2. The average molecular weight is 529 g/mol. The van der Waals surface area contributed by atoms with Crippen molar-refractivity contribution in [2.24, 2.45) is 0 Å². The van der Waals surface area contributed by atoms with Gasteiger partial charge in [0.05, 0.1) is 30.9 Å². The largest absolute Gasteiger partial charge is 0.493 e. The number of piperazine rings is 1. The molecule has 0 amide bonds. The van der Waals surface area contributed by atoms with E-state index in [1.807, 2.05) is 12.1 Å². The van der Waals surface area contributed by atoms with Gasteiger partial charge in [-0.25, -0.2) is 4.39 Å². The zero-order chi connectivity index (χ0) is 26.5. The van der Waals surface area contributed by atoms with E-state index in [0.717, 1.165) is 85.2 Å². The first kappa shape index (κ1) is 24.0. The minimum atomic E-state index is -0.165. The Kier molecular flexibility index (Phi) is 5.92. The predicted octanol–water partition coefficient (Wildman–Crippen LogP) is 4.56. The van der Waals surface area contributed by atoms with Gasteiger partial charge in [0.15, 0.2) is 35.7 Å². The maximum Gasteiger partial charge on any atom is 0.231 e. The van der Waals surface area contributed by atoms with E-state index in [1.165, 1.54) is 22.8 Å². The van der Waals surface area contributed by atoms with Crippen molar-refractivity contribution in [2.45, 2.75) is 19.5 Å². The number of rotatable bonds is 5. The molecule has 0 bridgehead atoms. The van der Waals surface area contributed by atoms with Gasteiger partial charge in [0.2, 0.25) is 12.5 Å². The Labute approximate surface area is 226 Å². The molecule has 3 aromatic carbocycles. The zero-order valence-electron chi connectivity index (χ0n) is 22.2. The van der Waals surface area contributed by atoms with Crippen LogP contribution in [0.25, 0.3) is 22.0 Å². The third-order valence-corrected chi connectivity index (χ3v) is 8.17. The zero-order valence-corrected chi connectivity index (χ0v) is 22.2. The summed E-state index contributed by atoms with van der Waals surface area (Å²) in [5, 5.41) is 2.17. The summed E-state index contributed by atoms with van der Waals surface area (Å²) < 4.78 is 39.6. The van der Waals surface area contributed by atoms with Crippen LogP contribution < -0.4 is 28.4 Å². The van der Waals surface area contributed by atoms with Crippen LogP contribution in [-0.4, -0.2) is 52.1 Å². The highest BCUT2D eigenvalue weighted by molar-refractivity contribution is 5.94. The van der Waals surface area contributed by atoms with Crippen molar-refractivity contribution in [3.05, 3.63) is 71.7 Å². The lowest BCUT2D eigenvalue weighted by molar-refractivity contribution is -0.686. The lowest BCUT2D eigenvalue weighted by atomic mass is 9.93. The maximum absolute atomic E-state index is 14.4. The van der Waals surface area contributed by atoms with Gasteiger partial charge in [-0.3, -0.25) is 4.90 Å². The van der Waals surface area contributed by atoms with Crippen LogP contribution in [0.4, 0.5) is 10.1 Å². The molecule has 4 heterocycles. The topological polar surface area (TPSA) is 47.3 Å². The molecule has 0 N–H and O–H groups in total. The molecule has 7 nitrogen and oxygen atoms in total. The van der Waals surface area contributed by atoms with E-state index in [4.69, 9.17) is 18.9 Å². The Hall–Kier alpha value is -4.04. The summed E-state index contributed by atoms with van der Waals surface area (Å²) in [5.74, 6) is 2.92. The van der Waals surface area contributed by atoms with Crippen molar-refractivity contribution < 1.29 is 27.9 Å². The number of para-hydroxylation sites is 1. The van der Waals surface area contributed by atoms with Crippen LogP contribution >= 0.6 is 0 Å². The van der Waals surface area contributed by atoms with Crippen LogP contribution in [0.1, 0.15) is 11.1 Å². The molecule has 7 rings (SSSR count). The lowest BCUT2D eigenvalue weighted by Crippen LogP contribution is -2.46. The summed E-state index contributed by atoms with van der Waals surface area (Å²) in [4.78, 5) is 4.56. The van der Waals surface area contributed by atoms with Crippen molar-refractivity contribution in [3.8, 4) is 34.3 Å². The Balaban J connectivity index is 1.26. The first-order chi connectivity index (χ1) is 19.1. The first-order valence-electron chi connectivity index (χ1n) is 13.4. The average Bonchev–Trinajstić information content (AvgIpc) is 3.43. The Bertz CT molecular complexity index is 1580. The van der Waals surface area contributed by atoms with E-state index < -0.39 is 0 Å². The minimum Gasteiger partial charge on any atom is -0.493 e. The molecule has 8 heteroatoms. The molecule has 3 aliphatic heterocycles. The monoisotopic (exact) mass is 528 g/mol. The highest BCUT2D eigenvalue weighted by Gasteiger charge is 2.30. The van der Waals surface area contributed by atoms with E-state index in [9.17, 15) is 4.39 Å². The predicted molar refractivity (Wildman–Crippen MR) is 146 cm³/mol. The molecule has 1 aromatic heterocycles. The molecule has 1 saturated heterocycles. The van der Waals surface area contributed by atoms with E-state index in [2.05, 4.69) is 44.8 Å². The van der Waals surface area contributed by atoms with Gasteiger partial charge in [0.1, 0.15) is 5.82 Å². The van der Waals surface area contributed by atoms with E-state index in [-0.39, 0.29) is 12.6 Å². The van der Waals surface area contributed by atoms with E-state index in [0.29, 0.717) is 5.69 Å². The van der Waals surface area contributed by atoms with Gasteiger partial charge in [-0.05, 0) is 41.5 Å². The van der Waals surface area contributed by atoms with Crippen LogP contribution in [0.3, 0.4) is 0 Å². The number of nitrogens with zero attached hydrogens (tertiary/aromatic N) is 3. The van der Waals surface area contributed by atoms with Crippen molar-refractivity contribution in [3.63, 3.8) is 0 Å². The van der Waals surface area contributed by atoms with Gasteiger partial charge in [0.25, 0.3) is 0 Å². The molecular weight excluding hydrogens is 497 g/mol. The van der Waals surface area contributed by atoms with Gasteiger partial charge in [0, 0.05) is 50.6 Å². The molecule has 0 radical (unpaired) electrons. The number of aryl methyl sites for hydroxylation is 2. The summed E-state index contributed by atoms with van der Waals surface area (Å²) in [6.45, 7) is 5.13. The highest BCUT2D eigenvalue weighted by Crippen LogP contribution is 2.43. The number of hydrogen-bond donors (Lipinski definition) is 0. The number of anilines is 1. The summed E-state index contributed by atoms with van der Waals surface area (Å²) in [6.07, 6.45) is 3.11. The van der Waals surface area contributed by atoms with E-state index in [1.54, 1.807) is 20.3 Å². The normalized spacial score (nSPS) is 16.2. The summed E-state index contributed by atoms with van der Waals surface area (Å²) >= 11 is 0. The molecular formula is C31H31FN3O4+. The molecule has 1 fully saturated rings. The highest BCUT2D eigenvalue weighted by atomic mass is 19.1. The fourth-order valence-electron chi connectivity index (χ4n) is 6.15.